The van der Waals surface area contributed by atoms with Crippen LogP contribution in [0.5, 0.6) is 0 Å². The zero-order chi connectivity index (χ0) is 13.4. The van der Waals surface area contributed by atoms with E-state index in [9.17, 15) is 0 Å². The maximum atomic E-state index is 6.12. The molecule has 2 aromatic heterocycles. The molecule has 0 bridgehead atoms. The van der Waals surface area contributed by atoms with Crippen LogP contribution < -0.4 is 5.73 Å². The minimum Gasteiger partial charge on any atom is -0.369 e. The summed E-state index contributed by atoms with van der Waals surface area (Å²) in [5.74, 6) is 0.497. The second-order valence-corrected chi connectivity index (χ2v) is 5.71. The summed E-state index contributed by atoms with van der Waals surface area (Å²) in [7, 11) is 0. The molecule has 0 radical (unpaired) electrons. The summed E-state index contributed by atoms with van der Waals surface area (Å²) in [5, 5.41) is 3.80. The van der Waals surface area contributed by atoms with Crippen LogP contribution in [0.15, 0.2) is 23.6 Å². The first kappa shape index (κ1) is 12.4. The number of nitrogens with zero attached hydrogens (tertiary/aromatic N) is 3. The predicted octanol–water partition coefficient (Wildman–Crippen LogP) is 3.28. The Morgan fingerprint density at radius 3 is 2.95 bits per heavy atom. The summed E-state index contributed by atoms with van der Waals surface area (Å²) in [6.45, 7) is 2.76. The zero-order valence-corrected chi connectivity index (χ0v) is 12.0. The van der Waals surface area contributed by atoms with E-state index in [0.29, 0.717) is 11.0 Å². The second-order valence-electron chi connectivity index (χ2n) is 4.36. The van der Waals surface area contributed by atoms with E-state index in [-0.39, 0.29) is 0 Å². The number of aromatic nitrogens is 3. The molecule has 98 valence electrons. The Labute approximate surface area is 119 Å². The van der Waals surface area contributed by atoms with Gasteiger partial charge in [0.15, 0.2) is 0 Å². The van der Waals surface area contributed by atoms with Gasteiger partial charge in [-0.05, 0) is 19.1 Å². The largest absolute Gasteiger partial charge is 0.369 e. The number of imidazole rings is 1. The van der Waals surface area contributed by atoms with Crippen LogP contribution in [0.1, 0.15) is 10.7 Å². The first-order chi connectivity index (χ1) is 9.15. The lowest BCUT2D eigenvalue weighted by Crippen LogP contribution is -2.05. The highest BCUT2D eigenvalue weighted by molar-refractivity contribution is 7.09. The van der Waals surface area contributed by atoms with E-state index >= 15 is 0 Å². The number of fused-ring (bicyclic) bond motifs is 1. The Morgan fingerprint density at radius 1 is 1.37 bits per heavy atom. The van der Waals surface area contributed by atoms with Crippen molar-refractivity contribution in [1.82, 2.24) is 14.5 Å². The fourth-order valence-corrected chi connectivity index (χ4v) is 3.07. The van der Waals surface area contributed by atoms with Crippen LogP contribution >= 0.6 is 22.9 Å². The number of thiazole rings is 1. The number of aryl methyl sites for hydroxylation is 3. The van der Waals surface area contributed by atoms with Crippen LogP contribution in [0.4, 0.5) is 5.95 Å². The van der Waals surface area contributed by atoms with E-state index < -0.39 is 0 Å². The van der Waals surface area contributed by atoms with Gasteiger partial charge in [-0.2, -0.15) is 0 Å². The summed E-state index contributed by atoms with van der Waals surface area (Å²) in [5.41, 5.74) is 8.76. The summed E-state index contributed by atoms with van der Waals surface area (Å²) >= 11 is 7.80. The molecule has 0 atom stereocenters. The molecule has 0 fully saturated rings. The smallest absolute Gasteiger partial charge is 0.201 e. The Balaban J connectivity index is 1.92. The number of halogens is 1. The van der Waals surface area contributed by atoms with E-state index in [0.717, 1.165) is 34.7 Å². The predicted molar refractivity (Wildman–Crippen MR) is 79.7 cm³/mol. The van der Waals surface area contributed by atoms with E-state index in [1.54, 1.807) is 11.3 Å². The van der Waals surface area contributed by atoms with Gasteiger partial charge in [-0.15, -0.1) is 11.3 Å². The van der Waals surface area contributed by atoms with Gasteiger partial charge in [-0.1, -0.05) is 17.7 Å². The van der Waals surface area contributed by atoms with Crippen molar-refractivity contribution in [3.05, 3.63) is 39.3 Å². The van der Waals surface area contributed by atoms with Crippen molar-refractivity contribution in [3.63, 3.8) is 0 Å². The molecule has 0 amide bonds. The number of nitrogen functional groups attached to an aromatic ring is 1. The molecular weight excluding hydrogens is 280 g/mol. The van der Waals surface area contributed by atoms with Crippen LogP contribution in [0.3, 0.4) is 0 Å². The Hall–Kier alpha value is -1.59. The molecule has 6 heteroatoms. The van der Waals surface area contributed by atoms with Gasteiger partial charge in [0.2, 0.25) is 5.95 Å². The van der Waals surface area contributed by atoms with E-state index in [2.05, 4.69) is 15.3 Å². The minimum atomic E-state index is 0.497. The second kappa shape index (κ2) is 4.83. The molecule has 0 saturated carbocycles. The van der Waals surface area contributed by atoms with Crippen LogP contribution in [-0.4, -0.2) is 14.5 Å². The normalized spacial score (nSPS) is 11.3. The summed E-state index contributed by atoms with van der Waals surface area (Å²) in [6, 6.07) is 5.72. The lowest BCUT2D eigenvalue weighted by atomic mass is 10.3. The summed E-state index contributed by atoms with van der Waals surface area (Å²) < 4.78 is 1.98. The SMILES string of the molecule is Cc1csc(CCn2c(N)nc3c(Cl)cccc32)n1. The highest BCUT2D eigenvalue weighted by Crippen LogP contribution is 2.25. The number of hydrogen-bond acceptors (Lipinski definition) is 4. The third-order valence-corrected chi connectivity index (χ3v) is 4.31. The Bertz CT molecular complexity index is 731. The van der Waals surface area contributed by atoms with Gasteiger partial charge >= 0.3 is 0 Å². The highest BCUT2D eigenvalue weighted by atomic mass is 35.5. The quantitative estimate of drug-likeness (QED) is 0.806. The number of anilines is 1. The number of benzene rings is 1. The lowest BCUT2D eigenvalue weighted by molar-refractivity contribution is 0.721. The topological polar surface area (TPSA) is 56.7 Å². The van der Waals surface area contributed by atoms with Crippen LogP contribution in [-0.2, 0) is 13.0 Å². The third-order valence-electron chi connectivity index (χ3n) is 2.98. The highest BCUT2D eigenvalue weighted by Gasteiger charge is 2.11. The van der Waals surface area contributed by atoms with Gasteiger partial charge in [-0.25, -0.2) is 9.97 Å². The van der Waals surface area contributed by atoms with Gasteiger partial charge < -0.3 is 10.3 Å². The summed E-state index contributed by atoms with van der Waals surface area (Å²) in [6.07, 6.45) is 0.848. The van der Waals surface area contributed by atoms with Crippen molar-refractivity contribution < 1.29 is 0 Å². The van der Waals surface area contributed by atoms with Crippen molar-refractivity contribution in [3.8, 4) is 0 Å². The van der Waals surface area contributed by atoms with Gasteiger partial charge in [0, 0.05) is 24.0 Å². The van der Waals surface area contributed by atoms with Gasteiger partial charge in [0.1, 0.15) is 5.52 Å². The molecule has 1 aromatic carbocycles. The molecule has 0 aliphatic heterocycles. The fourth-order valence-electron chi connectivity index (χ4n) is 2.09. The monoisotopic (exact) mass is 292 g/mol. The lowest BCUT2D eigenvalue weighted by Gasteiger charge is -2.04. The van der Waals surface area contributed by atoms with Gasteiger partial charge in [0.25, 0.3) is 0 Å². The molecule has 19 heavy (non-hydrogen) atoms. The van der Waals surface area contributed by atoms with Crippen molar-refractivity contribution in [2.45, 2.75) is 19.9 Å². The molecule has 2 N–H and O–H groups in total. The average molecular weight is 293 g/mol. The summed E-state index contributed by atoms with van der Waals surface area (Å²) in [4.78, 5) is 8.78. The minimum absolute atomic E-state index is 0.497. The number of nitrogens with two attached hydrogens (primary N) is 1. The van der Waals surface area contributed by atoms with Crippen molar-refractivity contribution in [2.75, 3.05) is 5.73 Å². The molecule has 4 nitrogen and oxygen atoms in total. The fraction of sp³-hybridized carbons (Fsp3) is 0.231. The van der Waals surface area contributed by atoms with Crippen LogP contribution in [0, 0.1) is 6.92 Å². The van der Waals surface area contributed by atoms with Crippen LogP contribution in [0.25, 0.3) is 11.0 Å². The van der Waals surface area contributed by atoms with Gasteiger partial charge in [0.05, 0.1) is 15.5 Å². The average Bonchev–Trinajstić information content (AvgIpc) is 2.92. The van der Waals surface area contributed by atoms with E-state index in [4.69, 9.17) is 17.3 Å². The van der Waals surface area contributed by atoms with Crippen LogP contribution in [0.2, 0.25) is 5.02 Å². The van der Waals surface area contributed by atoms with Gasteiger partial charge in [-0.3, -0.25) is 0 Å². The van der Waals surface area contributed by atoms with Crippen molar-refractivity contribution in [1.29, 1.82) is 0 Å². The first-order valence-corrected chi connectivity index (χ1v) is 7.22. The molecular formula is C13H13ClN4S. The zero-order valence-electron chi connectivity index (χ0n) is 10.4. The van der Waals surface area contributed by atoms with Crippen molar-refractivity contribution >= 4 is 39.9 Å². The molecule has 0 unspecified atom stereocenters. The molecule has 0 saturated heterocycles. The third kappa shape index (κ3) is 2.31. The number of hydrogen-bond donors (Lipinski definition) is 1. The molecule has 2 heterocycles. The number of rotatable bonds is 3. The first-order valence-electron chi connectivity index (χ1n) is 5.96. The Morgan fingerprint density at radius 2 is 2.21 bits per heavy atom. The maximum absolute atomic E-state index is 6.12. The maximum Gasteiger partial charge on any atom is 0.201 e. The molecule has 0 aliphatic carbocycles. The van der Waals surface area contributed by atoms with E-state index in [1.165, 1.54) is 0 Å². The standard InChI is InChI=1S/C13H13ClN4S/c1-8-7-19-11(16-8)5-6-18-10-4-2-3-9(14)12(10)17-13(18)15/h2-4,7H,5-6H2,1H3,(H2,15,17). The van der Waals surface area contributed by atoms with E-state index in [1.807, 2.05) is 29.7 Å². The number of para-hydroxylation sites is 1. The Kier molecular flexibility index (Phi) is 3.16. The molecule has 3 rings (SSSR count). The molecule has 3 aromatic rings. The molecule has 0 aliphatic rings. The molecule has 0 spiro atoms. The van der Waals surface area contributed by atoms with Crippen molar-refractivity contribution in [2.24, 2.45) is 0 Å².